The fourth-order valence-electron chi connectivity index (χ4n) is 2.45. The standard InChI is InChI=1S/C14H12ClNO3/c15-10-6-3-7-11-12(10)19-13(16-11)8-4-1-2-5-9(8)14(17)18/h1-3,6-9H,4-5H2,(H,17,18). The van der Waals surface area contributed by atoms with Crippen LogP contribution in [0.1, 0.15) is 24.7 Å². The summed E-state index contributed by atoms with van der Waals surface area (Å²) in [7, 11) is 0. The van der Waals surface area contributed by atoms with E-state index < -0.39 is 11.9 Å². The zero-order valence-corrected chi connectivity index (χ0v) is 10.8. The van der Waals surface area contributed by atoms with Crippen LogP contribution in [0.4, 0.5) is 0 Å². The number of nitrogens with zero attached hydrogens (tertiary/aromatic N) is 1. The van der Waals surface area contributed by atoms with Gasteiger partial charge in [-0.25, -0.2) is 4.98 Å². The van der Waals surface area contributed by atoms with Gasteiger partial charge >= 0.3 is 5.97 Å². The fraction of sp³-hybridized carbons (Fsp3) is 0.286. The highest BCUT2D eigenvalue weighted by Crippen LogP contribution is 2.36. The van der Waals surface area contributed by atoms with Crippen molar-refractivity contribution in [3.63, 3.8) is 0 Å². The minimum Gasteiger partial charge on any atom is -0.481 e. The summed E-state index contributed by atoms with van der Waals surface area (Å²) in [4.78, 5) is 15.7. The molecule has 0 saturated carbocycles. The number of allylic oxidation sites excluding steroid dienone is 2. The van der Waals surface area contributed by atoms with Gasteiger partial charge in [-0.1, -0.05) is 29.8 Å². The molecule has 98 valence electrons. The highest BCUT2D eigenvalue weighted by Gasteiger charge is 2.33. The molecule has 2 atom stereocenters. The molecule has 4 nitrogen and oxygen atoms in total. The molecule has 0 bridgehead atoms. The number of benzene rings is 1. The fourth-order valence-corrected chi connectivity index (χ4v) is 2.66. The predicted molar refractivity (Wildman–Crippen MR) is 71.3 cm³/mol. The third kappa shape index (κ3) is 2.12. The van der Waals surface area contributed by atoms with Crippen LogP contribution in [0.25, 0.3) is 11.1 Å². The zero-order chi connectivity index (χ0) is 13.4. The third-order valence-electron chi connectivity index (χ3n) is 3.45. The van der Waals surface area contributed by atoms with Crippen LogP contribution in [0.3, 0.4) is 0 Å². The molecule has 1 aliphatic carbocycles. The lowest BCUT2D eigenvalue weighted by Gasteiger charge is -2.21. The number of rotatable bonds is 2. The largest absolute Gasteiger partial charge is 0.481 e. The number of carboxylic acids is 1. The van der Waals surface area contributed by atoms with Crippen molar-refractivity contribution in [3.8, 4) is 0 Å². The molecule has 0 saturated heterocycles. The second kappa shape index (κ2) is 4.70. The number of hydrogen-bond acceptors (Lipinski definition) is 3. The lowest BCUT2D eigenvalue weighted by atomic mass is 9.83. The number of hydrogen-bond donors (Lipinski definition) is 1. The number of aliphatic carboxylic acids is 1. The molecule has 19 heavy (non-hydrogen) atoms. The van der Waals surface area contributed by atoms with Crippen LogP contribution in [0.15, 0.2) is 34.8 Å². The molecule has 0 spiro atoms. The second-order valence-corrected chi connectivity index (χ2v) is 5.04. The molecule has 1 aliphatic rings. The number of para-hydroxylation sites is 1. The van der Waals surface area contributed by atoms with Gasteiger partial charge in [-0.05, 0) is 25.0 Å². The first-order valence-corrected chi connectivity index (χ1v) is 6.47. The van der Waals surface area contributed by atoms with Crippen LogP contribution in [0.5, 0.6) is 0 Å². The van der Waals surface area contributed by atoms with Gasteiger partial charge in [0, 0.05) is 0 Å². The maximum atomic E-state index is 11.3. The molecule has 0 fully saturated rings. The Labute approximate surface area is 114 Å². The first-order chi connectivity index (χ1) is 9.16. The van der Waals surface area contributed by atoms with Crippen LogP contribution in [-0.4, -0.2) is 16.1 Å². The molecule has 2 unspecified atom stereocenters. The van der Waals surface area contributed by atoms with E-state index in [1.165, 1.54) is 0 Å². The van der Waals surface area contributed by atoms with Crippen molar-refractivity contribution in [1.82, 2.24) is 4.98 Å². The summed E-state index contributed by atoms with van der Waals surface area (Å²) in [6.45, 7) is 0. The van der Waals surface area contributed by atoms with E-state index in [1.54, 1.807) is 12.1 Å². The molecule has 2 aromatic rings. The van der Waals surface area contributed by atoms with Crippen molar-refractivity contribution >= 4 is 28.7 Å². The lowest BCUT2D eigenvalue weighted by Crippen LogP contribution is -2.23. The molecule has 1 heterocycles. The number of carbonyl (C=O) groups is 1. The van der Waals surface area contributed by atoms with E-state index in [0.29, 0.717) is 34.9 Å². The summed E-state index contributed by atoms with van der Waals surface area (Å²) < 4.78 is 5.68. The van der Waals surface area contributed by atoms with Gasteiger partial charge in [0.15, 0.2) is 11.5 Å². The molecular formula is C14H12ClNO3. The van der Waals surface area contributed by atoms with E-state index in [2.05, 4.69) is 4.98 Å². The number of oxazole rings is 1. The van der Waals surface area contributed by atoms with Gasteiger partial charge in [-0.2, -0.15) is 0 Å². The van der Waals surface area contributed by atoms with Gasteiger partial charge in [0.2, 0.25) is 0 Å². The Bertz CT molecular complexity index is 662. The van der Waals surface area contributed by atoms with Gasteiger partial charge in [0.25, 0.3) is 0 Å². The monoisotopic (exact) mass is 277 g/mol. The SMILES string of the molecule is O=C(O)C1CC=CCC1c1nc2cccc(Cl)c2o1. The minimum absolute atomic E-state index is 0.231. The lowest BCUT2D eigenvalue weighted by molar-refractivity contribution is -0.142. The average molecular weight is 278 g/mol. The molecule has 0 radical (unpaired) electrons. The van der Waals surface area contributed by atoms with Crippen molar-refractivity contribution < 1.29 is 14.3 Å². The number of halogens is 1. The zero-order valence-electron chi connectivity index (χ0n) is 10.0. The summed E-state index contributed by atoms with van der Waals surface area (Å²) in [5.74, 6) is -1.08. The molecule has 3 rings (SSSR count). The highest BCUT2D eigenvalue weighted by molar-refractivity contribution is 6.34. The van der Waals surface area contributed by atoms with Gasteiger partial charge in [-0.3, -0.25) is 4.79 Å². The van der Waals surface area contributed by atoms with Gasteiger partial charge in [0.05, 0.1) is 16.9 Å². The Hall–Kier alpha value is -1.81. The van der Waals surface area contributed by atoms with E-state index in [0.717, 1.165) is 0 Å². The van der Waals surface area contributed by atoms with Crippen LogP contribution < -0.4 is 0 Å². The summed E-state index contributed by atoms with van der Waals surface area (Å²) in [5, 5.41) is 9.76. The summed E-state index contributed by atoms with van der Waals surface area (Å²) in [6.07, 6.45) is 5.00. The van der Waals surface area contributed by atoms with Crippen LogP contribution in [0.2, 0.25) is 5.02 Å². The maximum Gasteiger partial charge on any atom is 0.307 e. The van der Waals surface area contributed by atoms with E-state index in [4.69, 9.17) is 16.0 Å². The Morgan fingerprint density at radius 1 is 1.37 bits per heavy atom. The molecule has 5 heteroatoms. The van der Waals surface area contributed by atoms with Gasteiger partial charge in [-0.15, -0.1) is 0 Å². The Balaban J connectivity index is 2.05. The highest BCUT2D eigenvalue weighted by atomic mass is 35.5. The smallest absolute Gasteiger partial charge is 0.307 e. The van der Waals surface area contributed by atoms with Crippen LogP contribution >= 0.6 is 11.6 Å². The Kier molecular flexibility index (Phi) is 3.03. The van der Waals surface area contributed by atoms with Crippen LogP contribution in [-0.2, 0) is 4.79 Å². The van der Waals surface area contributed by atoms with Crippen molar-refractivity contribution in [1.29, 1.82) is 0 Å². The molecule has 1 N–H and O–H groups in total. The first kappa shape index (κ1) is 12.2. The minimum atomic E-state index is -0.817. The van der Waals surface area contributed by atoms with E-state index >= 15 is 0 Å². The molecule has 0 aliphatic heterocycles. The maximum absolute atomic E-state index is 11.3. The van der Waals surface area contributed by atoms with E-state index in [-0.39, 0.29) is 5.92 Å². The molecule has 1 aromatic carbocycles. The van der Waals surface area contributed by atoms with Crippen LogP contribution in [0, 0.1) is 5.92 Å². The number of fused-ring (bicyclic) bond motifs is 1. The number of aromatic nitrogens is 1. The molecule has 0 amide bonds. The van der Waals surface area contributed by atoms with Gasteiger partial charge in [0.1, 0.15) is 5.52 Å². The topological polar surface area (TPSA) is 63.3 Å². The Morgan fingerprint density at radius 2 is 2.16 bits per heavy atom. The summed E-state index contributed by atoms with van der Waals surface area (Å²) in [6, 6.07) is 5.34. The predicted octanol–water partition coefficient (Wildman–Crippen LogP) is 3.62. The molecular weight excluding hydrogens is 266 g/mol. The Morgan fingerprint density at radius 3 is 2.89 bits per heavy atom. The molecule has 1 aromatic heterocycles. The van der Waals surface area contributed by atoms with Gasteiger partial charge < -0.3 is 9.52 Å². The van der Waals surface area contributed by atoms with E-state index in [9.17, 15) is 9.90 Å². The van der Waals surface area contributed by atoms with E-state index in [1.807, 2.05) is 18.2 Å². The first-order valence-electron chi connectivity index (χ1n) is 6.09. The second-order valence-electron chi connectivity index (χ2n) is 4.63. The summed E-state index contributed by atoms with van der Waals surface area (Å²) in [5.41, 5.74) is 1.19. The van der Waals surface area contributed by atoms with Crippen molar-refractivity contribution in [2.45, 2.75) is 18.8 Å². The normalized spacial score (nSPS) is 22.8. The number of carboxylic acid groups (broad SMARTS) is 1. The average Bonchev–Trinajstić information content (AvgIpc) is 2.84. The summed E-state index contributed by atoms with van der Waals surface area (Å²) >= 11 is 6.04. The van der Waals surface area contributed by atoms with Crippen molar-refractivity contribution in [3.05, 3.63) is 41.3 Å². The van der Waals surface area contributed by atoms with Crippen molar-refractivity contribution in [2.75, 3.05) is 0 Å². The quantitative estimate of drug-likeness (QED) is 0.852. The third-order valence-corrected chi connectivity index (χ3v) is 3.75. The van der Waals surface area contributed by atoms with Crippen molar-refractivity contribution in [2.24, 2.45) is 5.92 Å².